The van der Waals surface area contributed by atoms with E-state index in [2.05, 4.69) is 31.5 Å². The first-order valence-corrected chi connectivity index (χ1v) is 9.09. The third-order valence-electron chi connectivity index (χ3n) is 4.73. The van der Waals surface area contributed by atoms with Gasteiger partial charge in [0.05, 0.1) is 29.4 Å². The summed E-state index contributed by atoms with van der Waals surface area (Å²) < 4.78 is 5.78. The molecule has 4 rings (SSSR count). The van der Waals surface area contributed by atoms with Gasteiger partial charge < -0.3 is 9.64 Å². The maximum absolute atomic E-state index is 13.1. The Morgan fingerprint density at radius 2 is 2.00 bits per heavy atom. The Hall–Kier alpha value is -3.59. The number of aliphatic imine (C=N–C) groups is 1. The van der Waals surface area contributed by atoms with Crippen molar-refractivity contribution in [3.8, 4) is 5.75 Å². The lowest BCUT2D eigenvalue weighted by atomic mass is 10.0. The van der Waals surface area contributed by atoms with Crippen molar-refractivity contribution in [2.24, 2.45) is 10.1 Å². The van der Waals surface area contributed by atoms with Gasteiger partial charge in [0.2, 0.25) is 0 Å². The van der Waals surface area contributed by atoms with E-state index in [9.17, 15) is 9.59 Å². The highest BCUT2D eigenvalue weighted by Gasteiger charge is 2.35. The molecule has 29 heavy (non-hydrogen) atoms. The molecule has 0 fully saturated rings. The molecule has 0 bridgehead atoms. The molecule has 2 amide bonds. The smallest absolute Gasteiger partial charge is 0.277 e. The van der Waals surface area contributed by atoms with E-state index in [-0.39, 0.29) is 30.2 Å². The van der Waals surface area contributed by atoms with Gasteiger partial charge in [-0.3, -0.25) is 9.59 Å². The number of fused-ring (bicyclic) bond motifs is 2. The Balaban J connectivity index is 1.67. The third-order valence-corrected chi connectivity index (χ3v) is 4.73. The first-order chi connectivity index (χ1) is 13.8. The molecule has 1 unspecified atom stereocenters. The molecule has 1 aromatic heterocycles. The number of tetrazole rings is 1. The first-order valence-electron chi connectivity index (χ1n) is 9.09. The molecule has 0 saturated heterocycles. The standard InChI is InChI=1S/C18H20N8O3/c1-11(7-25-21-9-20-23-25)26-17(28)12-6-15-13(5-14(12)19-8-22-26)16(27)24(10-29-15)18(2,3)4/h5-6,9,11H,7,10H2,1-4H3. The summed E-state index contributed by atoms with van der Waals surface area (Å²) in [5.41, 5.74) is 0.562. The van der Waals surface area contributed by atoms with Crippen LogP contribution in [0.4, 0.5) is 5.69 Å². The van der Waals surface area contributed by atoms with Crippen LogP contribution in [-0.4, -0.2) is 66.3 Å². The van der Waals surface area contributed by atoms with Gasteiger partial charge in [0, 0.05) is 5.54 Å². The van der Waals surface area contributed by atoms with Crippen molar-refractivity contribution < 1.29 is 14.3 Å². The Labute approximate surface area is 166 Å². The van der Waals surface area contributed by atoms with Crippen molar-refractivity contribution >= 4 is 23.5 Å². The Kier molecular flexibility index (Phi) is 4.39. The number of benzene rings is 1. The summed E-state index contributed by atoms with van der Waals surface area (Å²) in [5, 5.41) is 16.7. The van der Waals surface area contributed by atoms with Gasteiger partial charge in [-0.25, -0.2) is 5.01 Å². The van der Waals surface area contributed by atoms with Crippen molar-refractivity contribution in [3.63, 3.8) is 0 Å². The molecule has 0 aliphatic carbocycles. The van der Waals surface area contributed by atoms with E-state index < -0.39 is 5.54 Å². The molecule has 11 heteroatoms. The number of hydrazone groups is 1. The minimum Gasteiger partial charge on any atom is -0.472 e. The Bertz CT molecular complexity index is 1030. The second-order valence-electron chi connectivity index (χ2n) is 7.84. The number of rotatable bonds is 3. The van der Waals surface area contributed by atoms with Crippen LogP contribution in [0.3, 0.4) is 0 Å². The summed E-state index contributed by atoms with van der Waals surface area (Å²) in [6.45, 7) is 8.00. The molecular weight excluding hydrogens is 376 g/mol. The lowest BCUT2D eigenvalue weighted by Gasteiger charge is -2.38. The van der Waals surface area contributed by atoms with Crippen LogP contribution in [-0.2, 0) is 6.54 Å². The minimum atomic E-state index is -0.399. The predicted molar refractivity (Wildman–Crippen MR) is 101 cm³/mol. The van der Waals surface area contributed by atoms with Gasteiger partial charge in [0.1, 0.15) is 11.8 Å². The van der Waals surface area contributed by atoms with Gasteiger partial charge in [0.25, 0.3) is 11.8 Å². The van der Waals surface area contributed by atoms with E-state index in [4.69, 9.17) is 4.74 Å². The van der Waals surface area contributed by atoms with E-state index in [1.807, 2.05) is 20.8 Å². The largest absolute Gasteiger partial charge is 0.472 e. The normalized spacial score (nSPS) is 17.0. The number of hydrogen-bond acceptors (Lipinski definition) is 8. The van der Waals surface area contributed by atoms with Crippen LogP contribution < -0.4 is 4.74 Å². The monoisotopic (exact) mass is 396 g/mol. The van der Waals surface area contributed by atoms with Crippen LogP contribution in [0.25, 0.3) is 0 Å². The molecular formula is C18H20N8O3. The van der Waals surface area contributed by atoms with Gasteiger partial charge >= 0.3 is 0 Å². The van der Waals surface area contributed by atoms with Gasteiger partial charge in [-0.05, 0) is 45.0 Å². The zero-order valence-electron chi connectivity index (χ0n) is 16.5. The van der Waals surface area contributed by atoms with Crippen molar-refractivity contribution in [2.45, 2.75) is 45.8 Å². The van der Waals surface area contributed by atoms with Gasteiger partial charge in [-0.15, -0.1) is 15.3 Å². The quantitative estimate of drug-likeness (QED) is 0.776. The van der Waals surface area contributed by atoms with Gasteiger partial charge in [0.15, 0.2) is 13.1 Å². The third kappa shape index (κ3) is 3.36. The first kappa shape index (κ1) is 18.8. The highest BCUT2D eigenvalue weighted by Crippen LogP contribution is 2.36. The van der Waals surface area contributed by atoms with Crippen LogP contribution >= 0.6 is 0 Å². The number of aromatic nitrogens is 4. The molecule has 1 atom stereocenters. The van der Waals surface area contributed by atoms with Crippen molar-refractivity contribution in [3.05, 3.63) is 29.6 Å². The molecule has 2 aliphatic heterocycles. The second kappa shape index (κ2) is 6.78. The maximum atomic E-state index is 13.1. The fourth-order valence-electron chi connectivity index (χ4n) is 3.13. The molecule has 150 valence electrons. The number of amides is 2. The van der Waals surface area contributed by atoms with Crippen LogP contribution in [0.1, 0.15) is 48.4 Å². The molecule has 1 aromatic carbocycles. The average Bonchev–Trinajstić information content (AvgIpc) is 3.10. The molecule has 0 spiro atoms. The van der Waals surface area contributed by atoms with Gasteiger partial charge in [-0.2, -0.15) is 9.79 Å². The summed E-state index contributed by atoms with van der Waals surface area (Å²) in [6, 6.07) is 5.26. The lowest BCUT2D eigenvalue weighted by molar-refractivity contribution is 0.0230. The van der Waals surface area contributed by atoms with Crippen molar-refractivity contribution in [1.29, 1.82) is 0 Å². The fourth-order valence-corrected chi connectivity index (χ4v) is 3.13. The van der Waals surface area contributed by atoms with Crippen LogP contribution in [0.2, 0.25) is 0 Å². The molecule has 2 aliphatic rings. The maximum Gasteiger partial charge on any atom is 0.277 e. The molecule has 2 aromatic rings. The Morgan fingerprint density at radius 3 is 2.69 bits per heavy atom. The number of hydrogen-bond donors (Lipinski definition) is 0. The highest BCUT2D eigenvalue weighted by molar-refractivity contribution is 6.05. The topological polar surface area (TPSA) is 118 Å². The predicted octanol–water partition coefficient (Wildman–Crippen LogP) is 1.53. The van der Waals surface area contributed by atoms with E-state index in [0.29, 0.717) is 23.5 Å². The van der Waals surface area contributed by atoms with Crippen LogP contribution in [0.5, 0.6) is 5.75 Å². The SMILES string of the molecule is CC(Cn1ncnn1)N1N=C=Nc2cc3c(cc2C1=O)OCN(C(C)(C)C)C3=O. The molecule has 3 heterocycles. The summed E-state index contributed by atoms with van der Waals surface area (Å²) in [6.07, 6.45) is 1.32. The second-order valence-corrected chi connectivity index (χ2v) is 7.84. The molecule has 0 N–H and O–H groups in total. The summed E-state index contributed by atoms with van der Waals surface area (Å²) in [4.78, 5) is 33.2. The lowest BCUT2D eigenvalue weighted by Crippen LogP contribution is -2.50. The zero-order valence-corrected chi connectivity index (χ0v) is 16.5. The van der Waals surface area contributed by atoms with E-state index in [0.717, 1.165) is 0 Å². The molecule has 11 nitrogen and oxygen atoms in total. The van der Waals surface area contributed by atoms with E-state index in [1.54, 1.807) is 24.0 Å². The summed E-state index contributed by atoms with van der Waals surface area (Å²) in [7, 11) is 0. The fraction of sp³-hybridized carbons (Fsp3) is 0.444. The summed E-state index contributed by atoms with van der Waals surface area (Å²) in [5.74, 6) is -0.198. The molecule has 0 radical (unpaired) electrons. The number of carbonyl (C=O) groups excluding carboxylic acids is 2. The number of ether oxygens (including phenoxy) is 1. The summed E-state index contributed by atoms with van der Waals surface area (Å²) >= 11 is 0. The highest BCUT2D eigenvalue weighted by atomic mass is 16.5. The number of carbonyl (C=O) groups is 2. The number of nitrogens with zero attached hydrogens (tertiary/aromatic N) is 8. The van der Waals surface area contributed by atoms with Crippen molar-refractivity contribution in [1.82, 2.24) is 30.1 Å². The average molecular weight is 396 g/mol. The zero-order chi connectivity index (χ0) is 20.8. The van der Waals surface area contributed by atoms with E-state index in [1.165, 1.54) is 16.1 Å². The van der Waals surface area contributed by atoms with Gasteiger partial charge in [-0.1, -0.05) is 0 Å². The Morgan fingerprint density at radius 1 is 1.21 bits per heavy atom. The molecule has 0 saturated carbocycles. The van der Waals surface area contributed by atoms with Crippen LogP contribution in [0.15, 0.2) is 28.6 Å². The minimum absolute atomic E-state index is 0.111. The van der Waals surface area contributed by atoms with E-state index >= 15 is 0 Å². The van der Waals surface area contributed by atoms with Crippen molar-refractivity contribution in [2.75, 3.05) is 6.73 Å². The van der Waals surface area contributed by atoms with Crippen LogP contribution in [0, 0.1) is 0 Å².